The summed E-state index contributed by atoms with van der Waals surface area (Å²) in [6, 6.07) is 6.09. The van der Waals surface area contributed by atoms with E-state index in [4.69, 9.17) is 9.47 Å². The fourth-order valence-electron chi connectivity index (χ4n) is 2.22. The largest absolute Gasteiger partial charge is 0.383 e. The lowest BCUT2D eigenvalue weighted by Crippen LogP contribution is -2.31. The lowest BCUT2D eigenvalue weighted by Gasteiger charge is -2.25. The molecule has 0 radical (unpaired) electrons. The molecule has 5 heteroatoms. The molecular formula is C16H25FN2O2. The van der Waals surface area contributed by atoms with E-state index in [9.17, 15) is 4.39 Å². The van der Waals surface area contributed by atoms with Crippen LogP contribution in [0.5, 0.6) is 0 Å². The smallest absolute Gasteiger partial charge is 0.146 e. The molecule has 1 N–H and O–H groups in total. The van der Waals surface area contributed by atoms with Gasteiger partial charge in [0, 0.05) is 39.9 Å². The Hall–Kier alpha value is -1.17. The summed E-state index contributed by atoms with van der Waals surface area (Å²) < 4.78 is 24.5. The number of nitrogens with zero attached hydrogens (tertiary/aromatic N) is 1. The zero-order valence-corrected chi connectivity index (χ0v) is 12.9. The second-order valence-electron chi connectivity index (χ2n) is 5.41. The van der Waals surface area contributed by atoms with E-state index >= 15 is 0 Å². The minimum absolute atomic E-state index is 0.183. The number of halogens is 1. The lowest BCUT2D eigenvalue weighted by molar-refractivity contribution is 0.190. The quantitative estimate of drug-likeness (QED) is 0.717. The van der Waals surface area contributed by atoms with E-state index in [1.54, 1.807) is 20.3 Å². The topological polar surface area (TPSA) is 33.7 Å². The Labute approximate surface area is 126 Å². The van der Waals surface area contributed by atoms with Crippen LogP contribution in [-0.4, -0.2) is 46.6 Å². The minimum atomic E-state index is -0.183. The Bertz CT molecular complexity index is 430. The van der Waals surface area contributed by atoms with Gasteiger partial charge in [0.1, 0.15) is 5.82 Å². The maximum absolute atomic E-state index is 14.3. The van der Waals surface area contributed by atoms with Gasteiger partial charge in [0.25, 0.3) is 0 Å². The number of anilines is 1. The first-order valence-electron chi connectivity index (χ1n) is 7.49. The predicted molar refractivity (Wildman–Crippen MR) is 82.2 cm³/mol. The van der Waals surface area contributed by atoms with E-state index in [1.807, 2.05) is 17.0 Å². The highest BCUT2D eigenvalue weighted by atomic mass is 19.1. The van der Waals surface area contributed by atoms with Crippen LogP contribution in [0.3, 0.4) is 0 Å². The van der Waals surface area contributed by atoms with Crippen LogP contribution in [0.1, 0.15) is 18.4 Å². The molecule has 118 valence electrons. The van der Waals surface area contributed by atoms with Gasteiger partial charge in [-0.05, 0) is 30.5 Å². The molecule has 21 heavy (non-hydrogen) atoms. The summed E-state index contributed by atoms with van der Waals surface area (Å²) in [6.45, 7) is 3.16. The SMILES string of the molecule is COCCN(CCOC)c1ccc(CNC2CC2)cc1F. The van der Waals surface area contributed by atoms with E-state index in [1.165, 1.54) is 12.8 Å². The Morgan fingerprint density at radius 1 is 1.19 bits per heavy atom. The summed E-state index contributed by atoms with van der Waals surface area (Å²) in [5.41, 5.74) is 1.60. The van der Waals surface area contributed by atoms with E-state index in [0.717, 1.165) is 12.1 Å². The molecule has 1 aromatic rings. The van der Waals surface area contributed by atoms with Gasteiger partial charge in [-0.25, -0.2) is 4.39 Å². The molecule has 0 aliphatic heterocycles. The van der Waals surface area contributed by atoms with E-state index < -0.39 is 0 Å². The summed E-state index contributed by atoms with van der Waals surface area (Å²) in [4.78, 5) is 1.96. The van der Waals surface area contributed by atoms with Crippen LogP contribution in [0.2, 0.25) is 0 Å². The lowest BCUT2D eigenvalue weighted by atomic mass is 10.1. The van der Waals surface area contributed by atoms with Crippen molar-refractivity contribution < 1.29 is 13.9 Å². The van der Waals surface area contributed by atoms with Gasteiger partial charge < -0.3 is 19.7 Å². The van der Waals surface area contributed by atoms with Crippen molar-refractivity contribution >= 4 is 5.69 Å². The molecule has 1 aliphatic carbocycles. The van der Waals surface area contributed by atoms with Gasteiger partial charge in [-0.1, -0.05) is 6.07 Å². The van der Waals surface area contributed by atoms with Crippen LogP contribution in [0.15, 0.2) is 18.2 Å². The number of hydrogen-bond acceptors (Lipinski definition) is 4. The molecule has 4 nitrogen and oxygen atoms in total. The van der Waals surface area contributed by atoms with Gasteiger partial charge in [-0.15, -0.1) is 0 Å². The minimum Gasteiger partial charge on any atom is -0.383 e. The van der Waals surface area contributed by atoms with Crippen LogP contribution in [0.25, 0.3) is 0 Å². The molecule has 1 fully saturated rings. The van der Waals surface area contributed by atoms with Crippen molar-refractivity contribution in [1.82, 2.24) is 5.32 Å². The molecule has 1 aliphatic rings. The standard InChI is InChI=1S/C16H25FN2O2/c1-20-9-7-19(8-10-21-2)16-6-3-13(11-15(16)17)12-18-14-4-5-14/h3,6,11,14,18H,4-5,7-10,12H2,1-2H3. The predicted octanol–water partition coefficient (Wildman–Crippen LogP) is 2.18. The summed E-state index contributed by atoms with van der Waals surface area (Å²) in [5, 5.41) is 3.40. The molecule has 0 unspecified atom stereocenters. The fraction of sp³-hybridized carbons (Fsp3) is 0.625. The van der Waals surface area contributed by atoms with Crippen molar-refractivity contribution in [2.45, 2.75) is 25.4 Å². The number of nitrogens with one attached hydrogen (secondary N) is 1. The van der Waals surface area contributed by atoms with E-state index in [0.29, 0.717) is 38.0 Å². The van der Waals surface area contributed by atoms with Gasteiger partial charge >= 0.3 is 0 Å². The Kier molecular flexibility index (Phi) is 6.42. The van der Waals surface area contributed by atoms with Crippen molar-refractivity contribution in [2.24, 2.45) is 0 Å². The fourth-order valence-corrected chi connectivity index (χ4v) is 2.22. The molecule has 1 aromatic carbocycles. The van der Waals surface area contributed by atoms with Crippen LogP contribution in [-0.2, 0) is 16.0 Å². The number of rotatable bonds is 10. The van der Waals surface area contributed by atoms with E-state index in [-0.39, 0.29) is 5.82 Å². The molecule has 0 spiro atoms. The highest BCUT2D eigenvalue weighted by molar-refractivity contribution is 5.49. The molecule has 0 saturated heterocycles. The third-order valence-corrected chi connectivity index (χ3v) is 3.66. The van der Waals surface area contributed by atoms with Gasteiger partial charge in [-0.3, -0.25) is 0 Å². The van der Waals surface area contributed by atoms with Crippen molar-refractivity contribution in [3.63, 3.8) is 0 Å². The second kappa shape index (κ2) is 8.32. The van der Waals surface area contributed by atoms with Crippen LogP contribution in [0.4, 0.5) is 10.1 Å². The average molecular weight is 296 g/mol. The molecule has 0 bridgehead atoms. The van der Waals surface area contributed by atoms with Gasteiger partial charge in [0.05, 0.1) is 18.9 Å². The summed E-state index contributed by atoms with van der Waals surface area (Å²) in [7, 11) is 3.30. The first-order valence-corrected chi connectivity index (χ1v) is 7.49. The van der Waals surface area contributed by atoms with Crippen molar-refractivity contribution in [1.29, 1.82) is 0 Å². The van der Waals surface area contributed by atoms with Gasteiger partial charge in [-0.2, -0.15) is 0 Å². The second-order valence-corrected chi connectivity index (χ2v) is 5.41. The number of benzene rings is 1. The third-order valence-electron chi connectivity index (χ3n) is 3.66. The molecule has 0 atom stereocenters. The van der Waals surface area contributed by atoms with Gasteiger partial charge in [0.2, 0.25) is 0 Å². The maximum Gasteiger partial charge on any atom is 0.146 e. The normalized spacial score (nSPS) is 14.4. The highest BCUT2D eigenvalue weighted by Gasteiger charge is 2.20. The summed E-state index contributed by atoms with van der Waals surface area (Å²) in [5.74, 6) is -0.183. The molecule has 0 amide bonds. The van der Waals surface area contributed by atoms with Crippen molar-refractivity contribution in [3.05, 3.63) is 29.6 Å². The van der Waals surface area contributed by atoms with E-state index in [2.05, 4.69) is 5.32 Å². The average Bonchev–Trinajstić information content (AvgIpc) is 3.30. The van der Waals surface area contributed by atoms with Crippen molar-refractivity contribution in [2.75, 3.05) is 45.4 Å². The zero-order chi connectivity index (χ0) is 15.1. The molecule has 0 heterocycles. The summed E-state index contributed by atoms with van der Waals surface area (Å²) >= 11 is 0. The third kappa shape index (κ3) is 5.26. The van der Waals surface area contributed by atoms with Crippen LogP contribution in [0, 0.1) is 5.82 Å². The first-order chi connectivity index (χ1) is 10.2. The van der Waals surface area contributed by atoms with Crippen LogP contribution >= 0.6 is 0 Å². The van der Waals surface area contributed by atoms with Crippen LogP contribution < -0.4 is 10.2 Å². The highest BCUT2D eigenvalue weighted by Crippen LogP contribution is 2.22. The summed E-state index contributed by atoms with van der Waals surface area (Å²) in [6.07, 6.45) is 2.48. The Balaban J connectivity index is 1.99. The van der Waals surface area contributed by atoms with Gasteiger partial charge in [0.15, 0.2) is 0 Å². The molecule has 2 rings (SSSR count). The monoisotopic (exact) mass is 296 g/mol. The maximum atomic E-state index is 14.3. The Morgan fingerprint density at radius 3 is 2.38 bits per heavy atom. The molecule has 1 saturated carbocycles. The van der Waals surface area contributed by atoms with Crippen molar-refractivity contribution in [3.8, 4) is 0 Å². The number of methoxy groups -OCH3 is 2. The Morgan fingerprint density at radius 2 is 1.86 bits per heavy atom. The molecule has 0 aromatic heterocycles. The number of hydrogen-bond donors (Lipinski definition) is 1. The zero-order valence-electron chi connectivity index (χ0n) is 12.9. The molecular weight excluding hydrogens is 271 g/mol. The first kappa shape index (κ1) is 16.2. The number of ether oxygens (including phenoxy) is 2.